The minimum Gasteiger partial charge on any atom is -0.352 e. The van der Waals surface area contributed by atoms with Gasteiger partial charge in [0, 0.05) is 16.7 Å². The summed E-state index contributed by atoms with van der Waals surface area (Å²) in [6.45, 7) is 6.12. The predicted molar refractivity (Wildman–Crippen MR) is 113 cm³/mol. The van der Waals surface area contributed by atoms with Gasteiger partial charge >= 0.3 is 0 Å². The van der Waals surface area contributed by atoms with Crippen LogP contribution >= 0.6 is 34.7 Å². The lowest BCUT2D eigenvalue weighted by Gasteiger charge is -2.30. The zero-order chi connectivity index (χ0) is 19.6. The van der Waals surface area contributed by atoms with Gasteiger partial charge in [-0.15, -0.1) is 23.1 Å². The number of benzene rings is 1. The molecule has 3 rings (SSSR count). The summed E-state index contributed by atoms with van der Waals surface area (Å²) in [4.78, 5) is 29.1. The summed E-state index contributed by atoms with van der Waals surface area (Å²) >= 11 is 9.49. The Balaban J connectivity index is 1.92. The summed E-state index contributed by atoms with van der Waals surface area (Å²) in [6, 6.07) is 10.5. The molecule has 1 aliphatic rings. The number of carbonyl (C=O) groups excluding carboxylic acids is 2. The molecule has 2 aromatic rings. The fraction of sp³-hybridized carbons (Fsp3) is 0.400. The summed E-state index contributed by atoms with van der Waals surface area (Å²) in [7, 11) is 0. The molecule has 1 fully saturated rings. The van der Waals surface area contributed by atoms with Crippen LogP contribution in [-0.2, 0) is 4.79 Å². The minimum atomic E-state index is -0.521. The Labute approximate surface area is 173 Å². The van der Waals surface area contributed by atoms with Gasteiger partial charge in [0.05, 0.1) is 10.6 Å². The van der Waals surface area contributed by atoms with E-state index >= 15 is 0 Å². The van der Waals surface area contributed by atoms with Gasteiger partial charge in [0.15, 0.2) is 0 Å². The second kappa shape index (κ2) is 8.67. The van der Waals surface area contributed by atoms with Gasteiger partial charge in [-0.25, -0.2) is 0 Å². The van der Waals surface area contributed by atoms with Crippen LogP contribution in [0.4, 0.5) is 0 Å². The average molecular weight is 423 g/mol. The van der Waals surface area contributed by atoms with Gasteiger partial charge < -0.3 is 10.2 Å². The first-order valence-electron chi connectivity index (χ1n) is 8.92. The lowest BCUT2D eigenvalue weighted by atomic mass is 10.1. The van der Waals surface area contributed by atoms with Crippen molar-refractivity contribution in [1.82, 2.24) is 10.2 Å². The molecule has 27 heavy (non-hydrogen) atoms. The van der Waals surface area contributed by atoms with Gasteiger partial charge in [-0.1, -0.05) is 43.6 Å². The molecule has 1 aliphatic heterocycles. The molecule has 4 nitrogen and oxygen atoms in total. The molecule has 0 aliphatic carbocycles. The van der Waals surface area contributed by atoms with Crippen LogP contribution in [0.25, 0.3) is 0 Å². The molecule has 3 atom stereocenters. The predicted octanol–water partition coefficient (Wildman–Crippen LogP) is 4.82. The van der Waals surface area contributed by atoms with E-state index < -0.39 is 6.04 Å². The van der Waals surface area contributed by atoms with Crippen LogP contribution in [0.5, 0.6) is 0 Å². The van der Waals surface area contributed by atoms with Crippen molar-refractivity contribution in [3.05, 3.63) is 57.2 Å². The van der Waals surface area contributed by atoms with E-state index in [9.17, 15) is 9.59 Å². The van der Waals surface area contributed by atoms with Gasteiger partial charge in [-0.2, -0.15) is 0 Å². The van der Waals surface area contributed by atoms with E-state index in [1.165, 1.54) is 0 Å². The van der Waals surface area contributed by atoms with E-state index in [0.29, 0.717) is 22.3 Å². The lowest BCUT2D eigenvalue weighted by molar-refractivity contribution is -0.125. The summed E-state index contributed by atoms with van der Waals surface area (Å²) in [5.74, 6) is 0.573. The van der Waals surface area contributed by atoms with Crippen molar-refractivity contribution in [3.63, 3.8) is 0 Å². The Bertz CT molecular complexity index is 810. The third kappa shape index (κ3) is 4.33. The Morgan fingerprint density at radius 1 is 1.19 bits per heavy atom. The highest BCUT2D eigenvalue weighted by molar-refractivity contribution is 7.99. The molecule has 7 heteroatoms. The van der Waals surface area contributed by atoms with Crippen LogP contribution in [0.15, 0.2) is 41.8 Å². The second-order valence-corrected chi connectivity index (χ2v) is 9.45. The van der Waals surface area contributed by atoms with Crippen molar-refractivity contribution in [1.29, 1.82) is 0 Å². The third-order valence-electron chi connectivity index (χ3n) is 4.80. The van der Waals surface area contributed by atoms with E-state index in [0.717, 1.165) is 4.88 Å². The molecule has 1 aromatic carbocycles. The van der Waals surface area contributed by atoms with Gasteiger partial charge in [-0.3, -0.25) is 9.59 Å². The molecule has 0 radical (unpaired) electrons. The maximum atomic E-state index is 13.4. The summed E-state index contributed by atoms with van der Waals surface area (Å²) in [5.41, 5.74) is 0.429. The van der Waals surface area contributed by atoms with Crippen LogP contribution in [0.1, 0.15) is 41.4 Å². The molecule has 0 spiro atoms. The topological polar surface area (TPSA) is 49.4 Å². The molecule has 2 heterocycles. The number of nitrogens with zero attached hydrogens (tertiary/aromatic N) is 1. The van der Waals surface area contributed by atoms with Crippen LogP contribution in [0.2, 0.25) is 5.02 Å². The molecule has 144 valence electrons. The lowest BCUT2D eigenvalue weighted by Crippen LogP contribution is -2.50. The Morgan fingerprint density at radius 2 is 1.93 bits per heavy atom. The number of amides is 2. The summed E-state index contributed by atoms with van der Waals surface area (Å²) in [5, 5.41) is 5.27. The van der Waals surface area contributed by atoms with Crippen molar-refractivity contribution in [2.45, 2.75) is 38.2 Å². The van der Waals surface area contributed by atoms with E-state index in [4.69, 9.17) is 11.6 Å². The molecular formula is C20H23ClN2O2S2. The van der Waals surface area contributed by atoms with E-state index in [2.05, 4.69) is 19.2 Å². The van der Waals surface area contributed by atoms with Crippen LogP contribution in [0, 0.1) is 5.92 Å². The molecule has 2 amide bonds. The third-order valence-corrected chi connectivity index (χ3v) is 7.51. The van der Waals surface area contributed by atoms with Crippen molar-refractivity contribution in [2.24, 2.45) is 5.92 Å². The molecule has 1 saturated heterocycles. The van der Waals surface area contributed by atoms with Crippen molar-refractivity contribution >= 4 is 46.5 Å². The van der Waals surface area contributed by atoms with Gasteiger partial charge in [0.25, 0.3) is 5.91 Å². The number of rotatable bonds is 5. The average Bonchev–Trinajstić information content (AvgIpc) is 3.30. The molecular weight excluding hydrogens is 400 g/mol. The SMILES string of the molecule is CC(C)[C@@H](C)NC(=O)[C@H]1CS[C@H](c2cccs2)N1C(=O)c1ccccc1Cl. The number of hydrogen-bond donors (Lipinski definition) is 1. The standard InChI is InChI=1S/C20H23ClN2O2S2/c1-12(2)13(3)22-18(24)16-11-27-20(17-9-6-10-26-17)23(16)19(25)14-7-4-5-8-15(14)21/h4-10,12-13,16,20H,11H2,1-3H3,(H,22,24)/t13-,16-,20-/m1/s1. The molecule has 0 unspecified atom stereocenters. The number of nitrogens with one attached hydrogen (secondary N) is 1. The fourth-order valence-electron chi connectivity index (χ4n) is 2.87. The van der Waals surface area contributed by atoms with Crippen molar-refractivity contribution in [2.75, 3.05) is 5.75 Å². The molecule has 0 saturated carbocycles. The zero-order valence-electron chi connectivity index (χ0n) is 15.5. The van der Waals surface area contributed by atoms with Crippen LogP contribution in [-0.4, -0.2) is 34.6 Å². The van der Waals surface area contributed by atoms with E-state index in [1.807, 2.05) is 24.4 Å². The Morgan fingerprint density at radius 3 is 2.56 bits per heavy atom. The molecule has 1 aromatic heterocycles. The first kappa shape index (κ1) is 20.2. The number of halogens is 1. The zero-order valence-corrected chi connectivity index (χ0v) is 17.9. The van der Waals surface area contributed by atoms with Crippen molar-refractivity contribution < 1.29 is 9.59 Å². The largest absolute Gasteiger partial charge is 0.352 e. The first-order valence-corrected chi connectivity index (χ1v) is 11.2. The van der Waals surface area contributed by atoms with Crippen molar-refractivity contribution in [3.8, 4) is 0 Å². The monoisotopic (exact) mass is 422 g/mol. The smallest absolute Gasteiger partial charge is 0.257 e. The van der Waals surface area contributed by atoms with E-state index in [1.54, 1.807) is 52.3 Å². The van der Waals surface area contributed by atoms with Gasteiger partial charge in [-0.05, 0) is 36.4 Å². The van der Waals surface area contributed by atoms with Crippen LogP contribution < -0.4 is 5.32 Å². The fourth-order valence-corrected chi connectivity index (χ4v) is 5.48. The van der Waals surface area contributed by atoms with Gasteiger partial charge in [0.2, 0.25) is 5.91 Å². The highest BCUT2D eigenvalue weighted by Crippen LogP contribution is 2.44. The second-order valence-electron chi connectivity index (χ2n) is 6.95. The maximum Gasteiger partial charge on any atom is 0.257 e. The highest BCUT2D eigenvalue weighted by Gasteiger charge is 2.43. The quantitative estimate of drug-likeness (QED) is 0.751. The number of hydrogen-bond acceptors (Lipinski definition) is 4. The molecule has 0 bridgehead atoms. The maximum absolute atomic E-state index is 13.4. The number of thiophene rings is 1. The van der Waals surface area contributed by atoms with Gasteiger partial charge in [0.1, 0.15) is 11.4 Å². The molecule has 1 N–H and O–H groups in total. The number of thioether (sulfide) groups is 1. The number of carbonyl (C=O) groups is 2. The first-order chi connectivity index (χ1) is 12.9. The Kier molecular flexibility index (Phi) is 6.50. The Hall–Kier alpha value is -1.50. The normalized spacial score (nSPS) is 20.7. The van der Waals surface area contributed by atoms with Crippen LogP contribution in [0.3, 0.4) is 0 Å². The van der Waals surface area contributed by atoms with E-state index in [-0.39, 0.29) is 23.2 Å². The highest BCUT2D eigenvalue weighted by atomic mass is 35.5. The summed E-state index contributed by atoms with van der Waals surface area (Å²) in [6.07, 6.45) is 0. The summed E-state index contributed by atoms with van der Waals surface area (Å²) < 4.78 is 0. The minimum absolute atomic E-state index is 0.0422.